The lowest BCUT2D eigenvalue weighted by atomic mass is 9.97. The average molecular weight is 420 g/mol. The van der Waals surface area contributed by atoms with Crippen LogP contribution in [-0.2, 0) is 5.41 Å². The van der Waals surface area contributed by atoms with Gasteiger partial charge in [-0.25, -0.2) is 0 Å². The predicted molar refractivity (Wildman–Crippen MR) is 109 cm³/mol. The van der Waals surface area contributed by atoms with E-state index in [1.54, 1.807) is 24.3 Å². The number of nitrogens with zero attached hydrogens (tertiary/aromatic N) is 2. The Morgan fingerprint density at radius 2 is 1.79 bits per heavy atom. The van der Waals surface area contributed by atoms with E-state index in [0.717, 1.165) is 5.56 Å². The van der Waals surface area contributed by atoms with Crippen LogP contribution in [0.4, 0.5) is 5.69 Å². The lowest BCUT2D eigenvalue weighted by Crippen LogP contribution is -2.13. The summed E-state index contributed by atoms with van der Waals surface area (Å²) in [5, 5.41) is 11.6. The highest BCUT2D eigenvalue weighted by molar-refractivity contribution is 6.36. The molecule has 3 rings (SSSR count). The average Bonchev–Trinajstić information content (AvgIpc) is 3.12. The Labute approximate surface area is 172 Å². The van der Waals surface area contributed by atoms with Crippen molar-refractivity contribution in [1.29, 1.82) is 0 Å². The Bertz CT molecular complexity index is 1010. The first-order chi connectivity index (χ1) is 13.2. The van der Waals surface area contributed by atoms with Crippen molar-refractivity contribution in [2.45, 2.75) is 26.2 Å². The van der Waals surface area contributed by atoms with Crippen LogP contribution in [0.2, 0.25) is 10.0 Å². The summed E-state index contributed by atoms with van der Waals surface area (Å²) in [5.41, 5.74) is 1.36. The highest BCUT2D eigenvalue weighted by Gasteiger charge is 2.22. The molecule has 0 unspecified atom stereocenters. The molecular formula is C20H19Cl2N3O3. The number of carbonyl (C=O) groups excluding carboxylic acids is 1. The Balaban J connectivity index is 1.80. The summed E-state index contributed by atoms with van der Waals surface area (Å²) in [4.78, 5) is 12.6. The number of rotatable bonds is 4. The van der Waals surface area contributed by atoms with Gasteiger partial charge in [0.05, 0.1) is 17.7 Å². The van der Waals surface area contributed by atoms with Gasteiger partial charge in [0.1, 0.15) is 5.75 Å². The molecule has 2 aromatic carbocycles. The van der Waals surface area contributed by atoms with E-state index in [9.17, 15) is 4.79 Å². The third-order valence-electron chi connectivity index (χ3n) is 3.91. The monoisotopic (exact) mass is 419 g/mol. The second-order valence-corrected chi connectivity index (χ2v) is 8.01. The first-order valence-corrected chi connectivity index (χ1v) is 9.23. The van der Waals surface area contributed by atoms with Gasteiger partial charge in [-0.3, -0.25) is 4.79 Å². The summed E-state index contributed by atoms with van der Waals surface area (Å²) in [7, 11) is 1.44. The third kappa shape index (κ3) is 4.29. The summed E-state index contributed by atoms with van der Waals surface area (Å²) in [6.45, 7) is 6.00. The molecule has 3 aromatic rings. The molecule has 0 fully saturated rings. The van der Waals surface area contributed by atoms with Crippen molar-refractivity contribution in [1.82, 2.24) is 10.2 Å². The number of nitrogens with one attached hydrogen (secondary N) is 1. The number of benzene rings is 2. The van der Waals surface area contributed by atoms with Crippen molar-refractivity contribution in [2.24, 2.45) is 0 Å². The smallest absolute Gasteiger partial charge is 0.259 e. The maximum atomic E-state index is 12.6. The number of ether oxygens (including phenoxy) is 1. The summed E-state index contributed by atoms with van der Waals surface area (Å²) < 4.78 is 10.9. The molecule has 0 saturated carbocycles. The van der Waals surface area contributed by atoms with Crippen molar-refractivity contribution in [2.75, 3.05) is 12.4 Å². The van der Waals surface area contributed by atoms with E-state index < -0.39 is 0 Å². The summed E-state index contributed by atoms with van der Waals surface area (Å²) in [5.74, 6) is 0.860. The number of hydrogen-bond acceptors (Lipinski definition) is 5. The fraction of sp³-hybridized carbons (Fsp3) is 0.250. The molecule has 0 atom stereocenters. The van der Waals surface area contributed by atoms with Gasteiger partial charge in [-0.2, -0.15) is 0 Å². The first-order valence-electron chi connectivity index (χ1n) is 8.48. The van der Waals surface area contributed by atoms with Crippen molar-refractivity contribution >= 4 is 34.8 Å². The number of methoxy groups -OCH3 is 1. The quantitative estimate of drug-likeness (QED) is 0.594. The molecule has 0 aliphatic carbocycles. The van der Waals surface area contributed by atoms with Crippen LogP contribution in [0, 0.1) is 0 Å². The number of anilines is 1. The number of carbonyl (C=O) groups is 1. The van der Waals surface area contributed by atoms with Crippen LogP contribution >= 0.6 is 23.2 Å². The molecule has 8 heteroatoms. The minimum absolute atomic E-state index is 0.226. The molecule has 1 amide bonds. The lowest BCUT2D eigenvalue weighted by Gasteiger charge is -2.12. The topological polar surface area (TPSA) is 77.2 Å². The van der Waals surface area contributed by atoms with E-state index in [-0.39, 0.29) is 27.7 Å². The van der Waals surface area contributed by atoms with Crippen molar-refractivity contribution in [3.63, 3.8) is 0 Å². The first kappa shape index (κ1) is 20.2. The van der Waals surface area contributed by atoms with Gasteiger partial charge in [0.25, 0.3) is 5.91 Å². The SMILES string of the molecule is COc1c(Cl)cc(Cl)cc1C(=O)Nc1ccc(-c2nnc(C(C)(C)C)o2)cc1. The third-order valence-corrected chi connectivity index (χ3v) is 4.41. The summed E-state index contributed by atoms with van der Waals surface area (Å²) in [6, 6.07) is 10.1. The predicted octanol–water partition coefficient (Wildman–Crippen LogP) is 5.60. The zero-order valence-corrected chi connectivity index (χ0v) is 17.4. The zero-order valence-electron chi connectivity index (χ0n) is 15.8. The lowest BCUT2D eigenvalue weighted by molar-refractivity contribution is 0.102. The fourth-order valence-electron chi connectivity index (χ4n) is 2.47. The molecular weight excluding hydrogens is 401 g/mol. The van der Waals surface area contributed by atoms with Crippen LogP contribution in [0.5, 0.6) is 5.75 Å². The Kier molecular flexibility index (Phi) is 5.63. The Morgan fingerprint density at radius 3 is 2.36 bits per heavy atom. The van der Waals surface area contributed by atoms with Crippen LogP contribution in [-0.4, -0.2) is 23.2 Å². The van der Waals surface area contributed by atoms with Crippen molar-refractivity contribution in [3.8, 4) is 17.2 Å². The molecule has 0 aliphatic heterocycles. The zero-order chi connectivity index (χ0) is 20.5. The molecule has 146 valence electrons. The van der Waals surface area contributed by atoms with Crippen molar-refractivity contribution in [3.05, 3.63) is 57.9 Å². The summed E-state index contributed by atoms with van der Waals surface area (Å²) in [6.07, 6.45) is 0. The standard InChI is InChI=1S/C20H19Cl2N3O3/c1-20(2,3)19-25-24-18(28-19)11-5-7-13(8-6-11)23-17(26)14-9-12(21)10-15(22)16(14)27-4/h5-10H,1-4H3,(H,23,26). The maximum Gasteiger partial charge on any atom is 0.259 e. The van der Waals surface area contributed by atoms with Crippen LogP contribution < -0.4 is 10.1 Å². The highest BCUT2D eigenvalue weighted by Crippen LogP contribution is 2.33. The van der Waals surface area contributed by atoms with E-state index in [1.165, 1.54) is 19.2 Å². The Morgan fingerprint density at radius 1 is 1.11 bits per heavy atom. The fourth-order valence-corrected chi connectivity index (χ4v) is 3.04. The maximum absolute atomic E-state index is 12.6. The van der Waals surface area contributed by atoms with E-state index in [1.807, 2.05) is 20.8 Å². The Hall–Kier alpha value is -2.57. The molecule has 1 heterocycles. The van der Waals surface area contributed by atoms with Crippen LogP contribution in [0.3, 0.4) is 0 Å². The molecule has 0 spiro atoms. The van der Waals surface area contributed by atoms with Gasteiger partial charge < -0.3 is 14.5 Å². The molecule has 1 aromatic heterocycles. The van der Waals surface area contributed by atoms with E-state index in [4.69, 9.17) is 32.4 Å². The molecule has 0 saturated heterocycles. The van der Waals surface area contributed by atoms with Crippen LogP contribution in [0.25, 0.3) is 11.5 Å². The molecule has 6 nitrogen and oxygen atoms in total. The minimum atomic E-state index is -0.387. The highest BCUT2D eigenvalue weighted by atomic mass is 35.5. The van der Waals surface area contributed by atoms with Gasteiger partial charge in [0.2, 0.25) is 11.8 Å². The number of hydrogen-bond donors (Lipinski definition) is 1. The van der Waals surface area contributed by atoms with Gasteiger partial charge in [0.15, 0.2) is 0 Å². The van der Waals surface area contributed by atoms with E-state index >= 15 is 0 Å². The van der Waals surface area contributed by atoms with Gasteiger partial charge >= 0.3 is 0 Å². The minimum Gasteiger partial charge on any atom is -0.494 e. The number of halogens is 2. The second-order valence-electron chi connectivity index (χ2n) is 7.16. The van der Waals surface area contributed by atoms with Gasteiger partial charge in [-0.1, -0.05) is 44.0 Å². The summed E-state index contributed by atoms with van der Waals surface area (Å²) >= 11 is 12.1. The molecule has 0 bridgehead atoms. The van der Waals surface area contributed by atoms with Gasteiger partial charge in [-0.05, 0) is 36.4 Å². The van der Waals surface area contributed by atoms with E-state index in [2.05, 4.69) is 15.5 Å². The van der Waals surface area contributed by atoms with Crippen LogP contribution in [0.1, 0.15) is 37.0 Å². The molecule has 0 aliphatic rings. The molecule has 1 N–H and O–H groups in total. The van der Waals surface area contributed by atoms with Gasteiger partial charge in [0, 0.05) is 21.7 Å². The normalized spacial score (nSPS) is 11.4. The van der Waals surface area contributed by atoms with Gasteiger partial charge in [-0.15, -0.1) is 10.2 Å². The largest absolute Gasteiger partial charge is 0.494 e. The van der Waals surface area contributed by atoms with Crippen molar-refractivity contribution < 1.29 is 13.9 Å². The molecule has 0 radical (unpaired) electrons. The number of amides is 1. The molecule has 28 heavy (non-hydrogen) atoms. The van der Waals surface area contributed by atoms with Crippen LogP contribution in [0.15, 0.2) is 40.8 Å². The van der Waals surface area contributed by atoms with E-state index in [0.29, 0.717) is 22.5 Å². The number of aromatic nitrogens is 2. The second kappa shape index (κ2) is 7.81.